The zero-order valence-electron chi connectivity index (χ0n) is 18.9. The first-order valence-electron chi connectivity index (χ1n) is 10.4. The van der Waals surface area contributed by atoms with E-state index in [9.17, 15) is 10.1 Å². The molecule has 0 atom stereocenters. The van der Waals surface area contributed by atoms with E-state index < -0.39 is 5.91 Å². The average molecular weight is 543 g/mol. The molecular formula is C24H23BrN4O4S. The van der Waals surface area contributed by atoms with Gasteiger partial charge in [-0.05, 0) is 64.7 Å². The van der Waals surface area contributed by atoms with Crippen LogP contribution in [0.3, 0.4) is 0 Å². The van der Waals surface area contributed by atoms with Crippen molar-refractivity contribution >= 4 is 44.4 Å². The molecule has 1 heterocycles. The number of aromatic nitrogens is 2. The summed E-state index contributed by atoms with van der Waals surface area (Å²) in [6, 6.07) is 13.1. The molecule has 0 spiro atoms. The lowest BCUT2D eigenvalue weighted by molar-refractivity contribution is -0.112. The highest BCUT2D eigenvalue weighted by atomic mass is 79.9. The summed E-state index contributed by atoms with van der Waals surface area (Å²) >= 11 is 4.76. The average Bonchev–Trinajstić information content (AvgIpc) is 3.29. The van der Waals surface area contributed by atoms with Gasteiger partial charge in [-0.15, -0.1) is 10.2 Å². The number of aryl methyl sites for hydroxylation is 2. The SMILES string of the molecule is CCc1nnc(NC(=O)/C(C#N)=C\c2cc(Br)c(OCCOc3ccccc3C)c(OC)c2)s1. The monoisotopic (exact) mass is 542 g/mol. The number of para-hydroxylation sites is 1. The first-order valence-corrected chi connectivity index (χ1v) is 12.0. The van der Waals surface area contributed by atoms with Crippen LogP contribution < -0.4 is 19.5 Å². The standard InChI is InChI=1S/C24H23BrN4O4S/c1-4-21-28-29-24(34-21)27-23(30)17(14-26)11-16-12-18(25)22(20(13-16)31-3)33-10-9-32-19-8-6-5-7-15(19)2/h5-8,11-13H,4,9-10H2,1-3H3,(H,27,29,30)/b17-11-. The molecule has 8 nitrogen and oxygen atoms in total. The second kappa shape index (κ2) is 12.2. The minimum atomic E-state index is -0.565. The Labute approximate surface area is 210 Å². The maximum Gasteiger partial charge on any atom is 0.268 e. The van der Waals surface area contributed by atoms with Gasteiger partial charge in [-0.1, -0.05) is 36.5 Å². The van der Waals surface area contributed by atoms with Crippen molar-refractivity contribution in [3.05, 3.63) is 62.6 Å². The number of nitrogens with zero attached hydrogens (tertiary/aromatic N) is 3. The lowest BCUT2D eigenvalue weighted by Gasteiger charge is -2.14. The van der Waals surface area contributed by atoms with Crippen LogP contribution in [-0.2, 0) is 11.2 Å². The van der Waals surface area contributed by atoms with Gasteiger partial charge in [-0.3, -0.25) is 10.1 Å². The summed E-state index contributed by atoms with van der Waals surface area (Å²) < 4.78 is 17.7. The highest BCUT2D eigenvalue weighted by Gasteiger charge is 2.15. The number of nitriles is 1. The highest BCUT2D eigenvalue weighted by Crippen LogP contribution is 2.37. The van der Waals surface area contributed by atoms with Crippen molar-refractivity contribution in [2.45, 2.75) is 20.3 Å². The normalized spacial score (nSPS) is 11.0. The van der Waals surface area contributed by atoms with Crippen molar-refractivity contribution in [1.29, 1.82) is 5.26 Å². The van der Waals surface area contributed by atoms with Crippen LogP contribution in [0, 0.1) is 18.3 Å². The van der Waals surface area contributed by atoms with Gasteiger partial charge in [0, 0.05) is 0 Å². The number of hydrogen-bond donors (Lipinski definition) is 1. The van der Waals surface area contributed by atoms with E-state index in [0.29, 0.717) is 39.9 Å². The fraction of sp³-hybridized carbons (Fsp3) is 0.250. The van der Waals surface area contributed by atoms with Gasteiger partial charge >= 0.3 is 0 Å². The first-order chi connectivity index (χ1) is 16.4. The Morgan fingerprint density at radius 3 is 2.65 bits per heavy atom. The predicted octanol–water partition coefficient (Wildman–Crippen LogP) is 5.18. The summed E-state index contributed by atoms with van der Waals surface area (Å²) in [5.74, 6) is 1.19. The molecule has 34 heavy (non-hydrogen) atoms. The summed E-state index contributed by atoms with van der Waals surface area (Å²) in [4.78, 5) is 12.5. The minimum absolute atomic E-state index is 0.0810. The summed E-state index contributed by atoms with van der Waals surface area (Å²) in [6.07, 6.45) is 2.18. The van der Waals surface area contributed by atoms with Crippen molar-refractivity contribution < 1.29 is 19.0 Å². The van der Waals surface area contributed by atoms with Crippen LogP contribution in [0.5, 0.6) is 17.2 Å². The quantitative estimate of drug-likeness (QED) is 0.213. The molecular weight excluding hydrogens is 520 g/mol. The van der Waals surface area contributed by atoms with Gasteiger partial charge in [0.2, 0.25) is 5.13 Å². The number of halogens is 1. The Morgan fingerprint density at radius 1 is 1.21 bits per heavy atom. The number of amides is 1. The number of methoxy groups -OCH3 is 1. The maximum absolute atomic E-state index is 12.5. The molecule has 2 aromatic carbocycles. The molecule has 176 valence electrons. The molecule has 0 radical (unpaired) electrons. The molecule has 3 rings (SSSR count). The van der Waals surface area contributed by atoms with E-state index in [1.807, 2.05) is 44.2 Å². The second-order valence-electron chi connectivity index (χ2n) is 6.97. The lowest BCUT2D eigenvalue weighted by Crippen LogP contribution is -2.13. The Morgan fingerprint density at radius 2 is 1.97 bits per heavy atom. The van der Waals surface area contributed by atoms with Crippen molar-refractivity contribution in [2.75, 3.05) is 25.6 Å². The Kier molecular flexibility index (Phi) is 9.01. The van der Waals surface area contributed by atoms with Gasteiger partial charge in [-0.2, -0.15) is 5.26 Å². The number of rotatable bonds is 10. The molecule has 0 saturated carbocycles. The van der Waals surface area contributed by atoms with Crippen LogP contribution in [0.1, 0.15) is 23.1 Å². The molecule has 1 aromatic heterocycles. The number of nitrogens with one attached hydrogen (secondary N) is 1. The molecule has 10 heteroatoms. The third-order valence-electron chi connectivity index (χ3n) is 4.60. The maximum atomic E-state index is 12.5. The third kappa shape index (κ3) is 6.56. The highest BCUT2D eigenvalue weighted by molar-refractivity contribution is 9.10. The smallest absolute Gasteiger partial charge is 0.268 e. The zero-order valence-corrected chi connectivity index (χ0v) is 21.3. The molecule has 0 saturated heterocycles. The van der Waals surface area contributed by atoms with Gasteiger partial charge in [0.05, 0.1) is 11.6 Å². The van der Waals surface area contributed by atoms with Gasteiger partial charge < -0.3 is 14.2 Å². The molecule has 0 aliphatic carbocycles. The van der Waals surface area contributed by atoms with Gasteiger partial charge in [-0.25, -0.2) is 0 Å². The molecule has 0 aliphatic rings. The predicted molar refractivity (Wildman–Crippen MR) is 134 cm³/mol. The van der Waals surface area contributed by atoms with Gasteiger partial charge in [0.15, 0.2) is 11.5 Å². The van der Waals surface area contributed by atoms with E-state index in [1.54, 1.807) is 12.1 Å². The summed E-state index contributed by atoms with van der Waals surface area (Å²) in [7, 11) is 1.52. The molecule has 3 aromatic rings. The number of benzene rings is 2. The number of hydrogen-bond acceptors (Lipinski definition) is 8. The van der Waals surface area contributed by atoms with E-state index in [4.69, 9.17) is 14.2 Å². The number of carbonyl (C=O) groups is 1. The number of ether oxygens (including phenoxy) is 3. The van der Waals surface area contributed by atoms with E-state index >= 15 is 0 Å². The fourth-order valence-electron chi connectivity index (χ4n) is 2.90. The molecule has 0 fully saturated rings. The number of carbonyl (C=O) groups excluding carboxylic acids is 1. The van der Waals surface area contributed by atoms with Crippen molar-refractivity contribution in [3.63, 3.8) is 0 Å². The largest absolute Gasteiger partial charge is 0.493 e. The van der Waals surface area contributed by atoms with Crippen LogP contribution in [0.4, 0.5) is 5.13 Å². The van der Waals surface area contributed by atoms with Gasteiger partial charge in [0.25, 0.3) is 5.91 Å². The van der Waals surface area contributed by atoms with Crippen molar-refractivity contribution in [2.24, 2.45) is 0 Å². The van der Waals surface area contributed by atoms with Crippen molar-refractivity contribution in [1.82, 2.24) is 10.2 Å². The Balaban J connectivity index is 1.69. The molecule has 1 amide bonds. The van der Waals surface area contributed by atoms with Crippen molar-refractivity contribution in [3.8, 4) is 23.3 Å². The van der Waals surface area contributed by atoms with Crippen LogP contribution in [0.15, 0.2) is 46.4 Å². The van der Waals surface area contributed by atoms with E-state index in [-0.39, 0.29) is 5.57 Å². The van der Waals surface area contributed by atoms with E-state index in [1.165, 1.54) is 24.5 Å². The minimum Gasteiger partial charge on any atom is -0.493 e. The van der Waals surface area contributed by atoms with Crippen LogP contribution >= 0.6 is 27.3 Å². The third-order valence-corrected chi connectivity index (χ3v) is 6.17. The van der Waals surface area contributed by atoms with Crippen LogP contribution in [0.25, 0.3) is 6.08 Å². The summed E-state index contributed by atoms with van der Waals surface area (Å²) in [6.45, 7) is 4.58. The molecule has 1 N–H and O–H groups in total. The van der Waals surface area contributed by atoms with E-state index in [0.717, 1.165) is 22.7 Å². The zero-order chi connectivity index (χ0) is 24.5. The Bertz CT molecular complexity index is 1240. The van der Waals surface area contributed by atoms with Gasteiger partial charge in [0.1, 0.15) is 35.6 Å². The second-order valence-corrected chi connectivity index (χ2v) is 8.89. The Hall–Kier alpha value is -3.42. The topological polar surface area (TPSA) is 106 Å². The molecule has 0 bridgehead atoms. The van der Waals surface area contributed by atoms with Crippen LogP contribution in [0.2, 0.25) is 0 Å². The summed E-state index contributed by atoms with van der Waals surface area (Å²) in [5.41, 5.74) is 1.56. The lowest BCUT2D eigenvalue weighted by atomic mass is 10.1. The van der Waals surface area contributed by atoms with E-state index in [2.05, 4.69) is 31.4 Å². The number of anilines is 1. The summed E-state index contributed by atoms with van der Waals surface area (Å²) in [5, 5.41) is 21.1. The molecule has 0 aliphatic heterocycles. The molecule has 0 unspecified atom stereocenters. The fourth-order valence-corrected chi connectivity index (χ4v) is 4.15. The van der Waals surface area contributed by atoms with Crippen LogP contribution in [-0.4, -0.2) is 36.4 Å². The first kappa shape index (κ1) is 25.2.